The number of carboxylic acids is 1. The highest BCUT2D eigenvalue weighted by Crippen LogP contribution is 2.18. The molecular weight excluding hydrogens is 418 g/mol. The van der Waals surface area contributed by atoms with Crippen molar-refractivity contribution in [3.63, 3.8) is 0 Å². The van der Waals surface area contributed by atoms with Gasteiger partial charge in [-0.05, 0) is 36.2 Å². The zero-order chi connectivity index (χ0) is 22.4. The largest absolute Gasteiger partial charge is 0.481 e. The van der Waals surface area contributed by atoms with Crippen LogP contribution in [0, 0.1) is 6.92 Å². The van der Waals surface area contributed by atoms with Crippen LogP contribution in [0.1, 0.15) is 29.2 Å². The van der Waals surface area contributed by atoms with E-state index < -0.39 is 23.6 Å². The zero-order valence-corrected chi connectivity index (χ0v) is 17.6. The SMILES string of the molecule is Cc1ccc(C(CC(=O)O)NC(=O)Nc2cccn(Cc3ccccc3Cl)c2=O)cc1. The molecule has 3 N–H and O–H groups in total. The number of amides is 2. The van der Waals surface area contributed by atoms with Crippen molar-refractivity contribution in [3.05, 3.63) is 98.9 Å². The number of aromatic nitrogens is 1. The molecule has 0 saturated carbocycles. The third kappa shape index (κ3) is 5.96. The smallest absolute Gasteiger partial charge is 0.319 e. The van der Waals surface area contributed by atoms with Gasteiger partial charge in [0, 0.05) is 11.2 Å². The van der Waals surface area contributed by atoms with Gasteiger partial charge in [0.1, 0.15) is 5.69 Å². The van der Waals surface area contributed by atoms with E-state index in [-0.39, 0.29) is 18.7 Å². The number of hydrogen-bond acceptors (Lipinski definition) is 3. The average molecular weight is 440 g/mol. The molecular formula is C23H22ClN3O4. The molecule has 160 valence electrons. The minimum Gasteiger partial charge on any atom is -0.481 e. The van der Waals surface area contributed by atoms with Gasteiger partial charge >= 0.3 is 12.0 Å². The van der Waals surface area contributed by atoms with E-state index in [9.17, 15) is 19.5 Å². The fourth-order valence-corrected chi connectivity index (χ4v) is 3.30. The van der Waals surface area contributed by atoms with Crippen molar-refractivity contribution in [2.45, 2.75) is 25.9 Å². The number of benzene rings is 2. The summed E-state index contributed by atoms with van der Waals surface area (Å²) >= 11 is 6.17. The summed E-state index contributed by atoms with van der Waals surface area (Å²) in [6, 6.07) is 16.1. The van der Waals surface area contributed by atoms with E-state index in [1.807, 2.05) is 31.2 Å². The van der Waals surface area contributed by atoms with Gasteiger partial charge in [-0.1, -0.05) is 59.6 Å². The number of nitrogens with one attached hydrogen (secondary N) is 2. The maximum absolute atomic E-state index is 12.8. The molecule has 0 radical (unpaired) electrons. The average Bonchev–Trinajstić information content (AvgIpc) is 2.72. The van der Waals surface area contributed by atoms with E-state index in [1.165, 1.54) is 10.6 Å². The number of aryl methyl sites for hydroxylation is 1. The first kappa shape index (κ1) is 22.1. The lowest BCUT2D eigenvalue weighted by Gasteiger charge is -2.18. The molecule has 3 aromatic rings. The quantitative estimate of drug-likeness (QED) is 0.513. The fourth-order valence-electron chi connectivity index (χ4n) is 3.11. The number of nitrogens with zero attached hydrogens (tertiary/aromatic N) is 1. The number of carbonyl (C=O) groups is 2. The first-order chi connectivity index (χ1) is 14.8. The molecule has 2 aromatic carbocycles. The van der Waals surface area contributed by atoms with Crippen molar-refractivity contribution >= 4 is 29.3 Å². The maximum Gasteiger partial charge on any atom is 0.319 e. The van der Waals surface area contributed by atoms with Gasteiger partial charge in [0.05, 0.1) is 19.0 Å². The van der Waals surface area contributed by atoms with Crippen LogP contribution in [0.4, 0.5) is 10.5 Å². The summed E-state index contributed by atoms with van der Waals surface area (Å²) in [7, 11) is 0. The highest BCUT2D eigenvalue weighted by molar-refractivity contribution is 6.31. The standard InChI is InChI=1S/C23H22ClN3O4/c1-15-8-10-16(11-9-15)20(13-21(28)29)26-23(31)25-19-7-4-12-27(22(19)30)14-17-5-2-3-6-18(17)24/h2-12,20H,13-14H2,1H3,(H,28,29)(H2,25,26,31). The molecule has 0 spiro atoms. The Kier molecular flexibility index (Phi) is 7.10. The van der Waals surface area contributed by atoms with Crippen LogP contribution in [0.25, 0.3) is 0 Å². The molecule has 31 heavy (non-hydrogen) atoms. The summed E-state index contributed by atoms with van der Waals surface area (Å²) in [4.78, 5) is 36.6. The van der Waals surface area contributed by atoms with Gasteiger partial charge in [0.25, 0.3) is 5.56 Å². The number of carboxylic acid groups (broad SMARTS) is 1. The summed E-state index contributed by atoms with van der Waals surface area (Å²) in [6.07, 6.45) is 1.32. The fraction of sp³-hybridized carbons (Fsp3) is 0.174. The molecule has 1 unspecified atom stereocenters. The monoisotopic (exact) mass is 439 g/mol. The van der Waals surface area contributed by atoms with Crippen molar-refractivity contribution < 1.29 is 14.7 Å². The van der Waals surface area contributed by atoms with E-state index in [0.717, 1.165) is 11.1 Å². The molecule has 0 aliphatic heterocycles. The Balaban J connectivity index is 1.76. The van der Waals surface area contributed by atoms with Gasteiger partial charge in [-0.3, -0.25) is 9.59 Å². The number of pyridine rings is 1. The number of carbonyl (C=O) groups excluding carboxylic acids is 1. The molecule has 2 amide bonds. The molecule has 7 nitrogen and oxygen atoms in total. The Morgan fingerprint density at radius 2 is 1.77 bits per heavy atom. The Morgan fingerprint density at radius 1 is 1.06 bits per heavy atom. The normalized spacial score (nSPS) is 11.5. The van der Waals surface area contributed by atoms with Gasteiger partial charge in [-0.25, -0.2) is 4.79 Å². The number of anilines is 1. The number of halogens is 1. The van der Waals surface area contributed by atoms with E-state index >= 15 is 0 Å². The van der Waals surface area contributed by atoms with Gasteiger partial charge in [0.2, 0.25) is 0 Å². The van der Waals surface area contributed by atoms with E-state index in [0.29, 0.717) is 10.6 Å². The third-order valence-corrected chi connectivity index (χ3v) is 5.10. The molecule has 0 saturated heterocycles. The minimum absolute atomic E-state index is 0.0741. The Bertz CT molecular complexity index is 1140. The minimum atomic E-state index is -1.05. The first-order valence-corrected chi connectivity index (χ1v) is 10.00. The van der Waals surface area contributed by atoms with E-state index in [4.69, 9.17) is 11.6 Å². The summed E-state index contributed by atoms with van der Waals surface area (Å²) in [6.45, 7) is 2.17. The van der Waals surface area contributed by atoms with Crippen LogP contribution in [-0.4, -0.2) is 21.7 Å². The Labute approximate surface area is 184 Å². The zero-order valence-electron chi connectivity index (χ0n) is 16.8. The van der Waals surface area contributed by atoms with Crippen LogP contribution in [0.15, 0.2) is 71.7 Å². The molecule has 0 aliphatic carbocycles. The highest BCUT2D eigenvalue weighted by Gasteiger charge is 2.19. The van der Waals surface area contributed by atoms with Crippen molar-refractivity contribution in [2.24, 2.45) is 0 Å². The topological polar surface area (TPSA) is 100 Å². The second-order valence-corrected chi connectivity index (χ2v) is 7.51. The lowest BCUT2D eigenvalue weighted by molar-refractivity contribution is -0.137. The van der Waals surface area contributed by atoms with Gasteiger partial charge in [-0.15, -0.1) is 0 Å². The number of urea groups is 1. The maximum atomic E-state index is 12.8. The second kappa shape index (κ2) is 9.95. The lowest BCUT2D eigenvalue weighted by atomic mass is 10.0. The molecule has 8 heteroatoms. The van der Waals surface area contributed by atoms with E-state index in [1.54, 1.807) is 36.5 Å². The predicted octanol–water partition coefficient (Wildman–Crippen LogP) is 4.20. The highest BCUT2D eigenvalue weighted by atomic mass is 35.5. The summed E-state index contributed by atoms with van der Waals surface area (Å²) in [5, 5.41) is 14.9. The van der Waals surface area contributed by atoms with Crippen LogP contribution >= 0.6 is 11.6 Å². The molecule has 3 rings (SSSR count). The molecule has 1 atom stereocenters. The molecule has 0 fully saturated rings. The summed E-state index contributed by atoms with van der Waals surface area (Å²) < 4.78 is 1.44. The summed E-state index contributed by atoms with van der Waals surface area (Å²) in [5.74, 6) is -1.05. The predicted molar refractivity (Wildman–Crippen MR) is 120 cm³/mol. The van der Waals surface area contributed by atoms with Crippen LogP contribution in [0.2, 0.25) is 5.02 Å². The second-order valence-electron chi connectivity index (χ2n) is 7.11. The number of rotatable bonds is 7. The van der Waals surface area contributed by atoms with Gasteiger partial charge in [-0.2, -0.15) is 0 Å². The van der Waals surface area contributed by atoms with Gasteiger partial charge < -0.3 is 20.3 Å². The van der Waals surface area contributed by atoms with Crippen LogP contribution < -0.4 is 16.2 Å². The third-order valence-electron chi connectivity index (χ3n) is 4.73. The number of hydrogen-bond donors (Lipinski definition) is 3. The molecule has 1 aromatic heterocycles. The van der Waals surface area contributed by atoms with Gasteiger partial charge in [0.15, 0.2) is 0 Å². The molecule has 1 heterocycles. The Morgan fingerprint density at radius 3 is 2.45 bits per heavy atom. The van der Waals surface area contributed by atoms with Crippen molar-refractivity contribution in [3.8, 4) is 0 Å². The van der Waals surface area contributed by atoms with Crippen LogP contribution in [-0.2, 0) is 11.3 Å². The van der Waals surface area contributed by atoms with Crippen molar-refractivity contribution in [1.29, 1.82) is 0 Å². The van der Waals surface area contributed by atoms with Crippen LogP contribution in [0.5, 0.6) is 0 Å². The van der Waals surface area contributed by atoms with Crippen molar-refractivity contribution in [2.75, 3.05) is 5.32 Å². The Hall–Kier alpha value is -3.58. The van der Waals surface area contributed by atoms with E-state index in [2.05, 4.69) is 10.6 Å². The lowest BCUT2D eigenvalue weighted by Crippen LogP contribution is -2.36. The van der Waals surface area contributed by atoms with Crippen molar-refractivity contribution in [1.82, 2.24) is 9.88 Å². The number of aliphatic carboxylic acids is 1. The van der Waals surface area contributed by atoms with Crippen LogP contribution in [0.3, 0.4) is 0 Å². The molecule has 0 aliphatic rings. The summed E-state index contributed by atoms with van der Waals surface area (Å²) in [5.41, 5.74) is 2.12. The molecule has 0 bridgehead atoms. The first-order valence-electron chi connectivity index (χ1n) is 9.62.